The van der Waals surface area contributed by atoms with Crippen molar-refractivity contribution in [2.45, 2.75) is 0 Å². The van der Waals surface area contributed by atoms with Crippen LogP contribution < -0.4 is 5.32 Å². The van der Waals surface area contributed by atoms with Crippen LogP contribution in [0.5, 0.6) is 0 Å². The molecule has 13 heavy (non-hydrogen) atoms. The number of nitrogens with one attached hydrogen (secondary N) is 2. The first kappa shape index (κ1) is 8.00. The summed E-state index contributed by atoms with van der Waals surface area (Å²) in [6.45, 7) is 0. The second-order valence-electron chi connectivity index (χ2n) is 2.39. The zero-order valence-corrected chi connectivity index (χ0v) is 7.47. The first-order valence-electron chi connectivity index (χ1n) is 3.70. The van der Waals surface area contributed by atoms with E-state index in [1.807, 2.05) is 5.38 Å². The van der Waals surface area contributed by atoms with Crippen molar-refractivity contribution in [2.24, 2.45) is 0 Å². The van der Waals surface area contributed by atoms with Crippen LogP contribution in [0.4, 0.5) is 5.13 Å². The van der Waals surface area contributed by atoms with E-state index in [1.165, 1.54) is 11.3 Å². The van der Waals surface area contributed by atoms with Gasteiger partial charge in [-0.1, -0.05) is 0 Å². The third-order valence-electron chi connectivity index (χ3n) is 1.51. The van der Waals surface area contributed by atoms with Gasteiger partial charge in [-0.2, -0.15) is 0 Å². The summed E-state index contributed by atoms with van der Waals surface area (Å²) in [6.07, 6.45) is 5.00. The molecule has 0 saturated heterocycles. The molecule has 0 aliphatic heterocycles. The normalized spacial score (nSPS) is 9.85. The van der Waals surface area contributed by atoms with Gasteiger partial charge in [0.05, 0.1) is 5.56 Å². The quantitative estimate of drug-likeness (QED) is 0.763. The zero-order chi connectivity index (χ0) is 9.10. The highest BCUT2D eigenvalue weighted by Gasteiger charge is 2.06. The molecule has 4 nitrogen and oxygen atoms in total. The van der Waals surface area contributed by atoms with Crippen LogP contribution in [-0.2, 0) is 0 Å². The number of nitrogens with zero attached hydrogens (tertiary/aromatic N) is 1. The summed E-state index contributed by atoms with van der Waals surface area (Å²) in [4.78, 5) is 18.2. The van der Waals surface area contributed by atoms with Gasteiger partial charge in [0, 0.05) is 24.0 Å². The number of anilines is 1. The number of aromatic amines is 1. The van der Waals surface area contributed by atoms with Crippen LogP contribution in [0.3, 0.4) is 0 Å². The van der Waals surface area contributed by atoms with E-state index < -0.39 is 0 Å². The maximum atomic E-state index is 11.4. The summed E-state index contributed by atoms with van der Waals surface area (Å²) in [7, 11) is 0. The van der Waals surface area contributed by atoms with Crippen molar-refractivity contribution < 1.29 is 4.79 Å². The molecule has 0 spiro atoms. The molecule has 0 unspecified atom stereocenters. The molecular formula is C8H7N3OS. The van der Waals surface area contributed by atoms with Crippen molar-refractivity contribution in [1.29, 1.82) is 0 Å². The van der Waals surface area contributed by atoms with E-state index in [2.05, 4.69) is 15.3 Å². The van der Waals surface area contributed by atoms with Gasteiger partial charge in [0.15, 0.2) is 5.13 Å². The smallest absolute Gasteiger partial charge is 0.258 e. The van der Waals surface area contributed by atoms with Crippen LogP contribution in [0.1, 0.15) is 10.4 Å². The van der Waals surface area contributed by atoms with Gasteiger partial charge in [-0.3, -0.25) is 10.1 Å². The Balaban J connectivity index is 2.08. The van der Waals surface area contributed by atoms with Crippen molar-refractivity contribution in [1.82, 2.24) is 9.97 Å². The largest absolute Gasteiger partial charge is 0.367 e. The Hall–Kier alpha value is -1.62. The van der Waals surface area contributed by atoms with E-state index in [4.69, 9.17) is 0 Å². The standard InChI is InChI=1S/C8H7N3OS/c12-7(6-1-2-9-5-6)11-8-10-3-4-13-8/h1-5,9H,(H,10,11,12). The molecule has 2 N–H and O–H groups in total. The Morgan fingerprint density at radius 2 is 2.54 bits per heavy atom. The summed E-state index contributed by atoms with van der Waals surface area (Å²) < 4.78 is 0. The van der Waals surface area contributed by atoms with Gasteiger partial charge in [0.1, 0.15) is 0 Å². The van der Waals surface area contributed by atoms with Crippen molar-refractivity contribution in [3.63, 3.8) is 0 Å². The molecule has 2 heterocycles. The van der Waals surface area contributed by atoms with E-state index in [0.717, 1.165) is 0 Å². The molecule has 2 rings (SSSR count). The van der Waals surface area contributed by atoms with Crippen molar-refractivity contribution >= 4 is 22.4 Å². The lowest BCUT2D eigenvalue weighted by Crippen LogP contribution is -2.10. The van der Waals surface area contributed by atoms with E-state index in [0.29, 0.717) is 10.7 Å². The Bertz CT molecular complexity index is 379. The summed E-state index contributed by atoms with van der Waals surface area (Å²) in [5, 5.41) is 5.10. The van der Waals surface area contributed by atoms with Crippen LogP contribution >= 0.6 is 11.3 Å². The van der Waals surface area contributed by atoms with Crippen molar-refractivity contribution in [2.75, 3.05) is 5.32 Å². The third kappa shape index (κ3) is 1.75. The molecule has 2 aromatic rings. The van der Waals surface area contributed by atoms with Crippen LogP contribution in [0.2, 0.25) is 0 Å². The molecule has 0 fully saturated rings. The minimum Gasteiger partial charge on any atom is -0.367 e. The summed E-state index contributed by atoms with van der Waals surface area (Å²) in [6, 6.07) is 1.71. The molecule has 0 aromatic carbocycles. The number of rotatable bonds is 2. The highest BCUT2D eigenvalue weighted by atomic mass is 32.1. The van der Waals surface area contributed by atoms with Gasteiger partial charge in [-0.25, -0.2) is 4.98 Å². The highest BCUT2D eigenvalue weighted by Crippen LogP contribution is 2.11. The first-order valence-corrected chi connectivity index (χ1v) is 4.58. The minimum atomic E-state index is -0.142. The average molecular weight is 193 g/mol. The van der Waals surface area contributed by atoms with Gasteiger partial charge >= 0.3 is 0 Å². The Labute approximate surface area is 78.6 Å². The maximum absolute atomic E-state index is 11.4. The second-order valence-corrected chi connectivity index (χ2v) is 3.29. The molecule has 0 aliphatic carbocycles. The number of thiazole rings is 1. The number of H-pyrrole nitrogens is 1. The predicted octanol–water partition coefficient (Wildman–Crippen LogP) is 1.72. The first-order chi connectivity index (χ1) is 6.36. The molecule has 0 saturated carbocycles. The summed E-state index contributed by atoms with van der Waals surface area (Å²) >= 11 is 1.40. The molecule has 0 atom stereocenters. The topological polar surface area (TPSA) is 57.8 Å². The molecule has 5 heteroatoms. The molecular weight excluding hydrogens is 186 g/mol. The molecule has 66 valence electrons. The van der Waals surface area contributed by atoms with Gasteiger partial charge in [0.2, 0.25) is 0 Å². The third-order valence-corrected chi connectivity index (χ3v) is 2.20. The second kappa shape index (κ2) is 3.40. The number of amides is 1. The molecule has 2 aromatic heterocycles. The van der Waals surface area contributed by atoms with Gasteiger partial charge < -0.3 is 4.98 Å². The molecule has 0 aliphatic rings. The lowest BCUT2D eigenvalue weighted by molar-refractivity contribution is 0.102. The van der Waals surface area contributed by atoms with E-state index in [1.54, 1.807) is 24.7 Å². The fourth-order valence-corrected chi connectivity index (χ4v) is 1.44. The minimum absolute atomic E-state index is 0.142. The summed E-state index contributed by atoms with van der Waals surface area (Å²) in [5.74, 6) is -0.142. The Morgan fingerprint density at radius 3 is 3.15 bits per heavy atom. The fraction of sp³-hybridized carbons (Fsp3) is 0. The number of carbonyl (C=O) groups excluding carboxylic acids is 1. The highest BCUT2D eigenvalue weighted by molar-refractivity contribution is 7.13. The molecule has 1 amide bonds. The van der Waals surface area contributed by atoms with Crippen LogP contribution in [-0.4, -0.2) is 15.9 Å². The van der Waals surface area contributed by atoms with Gasteiger partial charge in [-0.05, 0) is 6.07 Å². The molecule has 0 radical (unpaired) electrons. The Morgan fingerprint density at radius 1 is 1.62 bits per heavy atom. The fourth-order valence-electron chi connectivity index (χ4n) is 0.920. The van der Waals surface area contributed by atoms with E-state index in [-0.39, 0.29) is 5.91 Å². The number of carbonyl (C=O) groups is 1. The SMILES string of the molecule is O=C(Nc1nccs1)c1cc[nH]c1. The Kier molecular flexibility index (Phi) is 2.09. The van der Waals surface area contributed by atoms with Gasteiger partial charge in [-0.15, -0.1) is 11.3 Å². The molecule has 0 bridgehead atoms. The van der Waals surface area contributed by atoms with Crippen LogP contribution in [0.15, 0.2) is 30.0 Å². The van der Waals surface area contributed by atoms with Crippen molar-refractivity contribution in [3.8, 4) is 0 Å². The van der Waals surface area contributed by atoms with Gasteiger partial charge in [0.25, 0.3) is 5.91 Å². The monoisotopic (exact) mass is 193 g/mol. The lowest BCUT2D eigenvalue weighted by atomic mass is 10.3. The average Bonchev–Trinajstić information content (AvgIpc) is 2.74. The summed E-state index contributed by atoms with van der Waals surface area (Å²) in [5.41, 5.74) is 0.607. The number of hydrogen-bond acceptors (Lipinski definition) is 3. The lowest BCUT2D eigenvalue weighted by Gasteiger charge is -1.96. The number of aromatic nitrogens is 2. The maximum Gasteiger partial charge on any atom is 0.258 e. The van der Waals surface area contributed by atoms with E-state index in [9.17, 15) is 4.79 Å². The number of hydrogen-bond donors (Lipinski definition) is 2. The van der Waals surface area contributed by atoms with Crippen molar-refractivity contribution in [3.05, 3.63) is 35.6 Å². The predicted molar refractivity (Wildman–Crippen MR) is 50.9 cm³/mol. The van der Waals surface area contributed by atoms with E-state index >= 15 is 0 Å². The van der Waals surface area contributed by atoms with Crippen LogP contribution in [0.25, 0.3) is 0 Å². The van der Waals surface area contributed by atoms with Crippen LogP contribution in [0, 0.1) is 0 Å². The zero-order valence-electron chi connectivity index (χ0n) is 6.65.